The van der Waals surface area contributed by atoms with E-state index < -0.39 is 0 Å². The van der Waals surface area contributed by atoms with Crippen molar-refractivity contribution in [2.24, 2.45) is 0 Å². The van der Waals surface area contributed by atoms with Gasteiger partial charge in [-0.25, -0.2) is 0 Å². The Labute approximate surface area is 121 Å². The van der Waals surface area contributed by atoms with Gasteiger partial charge >= 0.3 is 0 Å². The van der Waals surface area contributed by atoms with Gasteiger partial charge in [-0.3, -0.25) is 4.90 Å². The summed E-state index contributed by atoms with van der Waals surface area (Å²) in [4.78, 5) is 2.43. The van der Waals surface area contributed by atoms with Crippen LogP contribution in [0, 0.1) is 0 Å². The summed E-state index contributed by atoms with van der Waals surface area (Å²) in [6.07, 6.45) is 1.15. The first kappa shape index (κ1) is 14.1. The van der Waals surface area contributed by atoms with E-state index in [1.165, 1.54) is 5.56 Å². The standard InChI is InChI=1S/C17H25NO2/c1-11-8-16(18-9-12(2)20-13(3)10-18)17(19)15-7-5-4-6-14(11)15/h4-7,11-13,16-17,19H,8-10H2,1-3H3/t11?,12-,13+,16?,17?. The molecule has 1 aliphatic heterocycles. The first-order valence-electron chi connectivity index (χ1n) is 7.72. The number of hydrogen-bond donors (Lipinski definition) is 1. The Kier molecular flexibility index (Phi) is 3.85. The van der Waals surface area contributed by atoms with E-state index in [-0.39, 0.29) is 24.4 Å². The molecule has 0 spiro atoms. The number of hydrogen-bond acceptors (Lipinski definition) is 3. The van der Waals surface area contributed by atoms with Gasteiger partial charge in [-0.2, -0.15) is 0 Å². The highest BCUT2D eigenvalue weighted by Crippen LogP contribution is 2.40. The van der Waals surface area contributed by atoms with E-state index in [2.05, 4.69) is 43.9 Å². The monoisotopic (exact) mass is 275 g/mol. The van der Waals surface area contributed by atoms with Gasteiger partial charge in [0.25, 0.3) is 0 Å². The summed E-state index contributed by atoms with van der Waals surface area (Å²) < 4.78 is 5.82. The number of benzene rings is 1. The van der Waals surface area contributed by atoms with Gasteiger partial charge in [-0.1, -0.05) is 31.2 Å². The van der Waals surface area contributed by atoms with Crippen LogP contribution in [0.15, 0.2) is 24.3 Å². The van der Waals surface area contributed by atoms with Crippen LogP contribution in [0.4, 0.5) is 0 Å². The van der Waals surface area contributed by atoms with E-state index in [4.69, 9.17) is 4.74 Å². The number of aliphatic hydroxyl groups excluding tert-OH is 1. The fourth-order valence-corrected chi connectivity index (χ4v) is 3.89. The van der Waals surface area contributed by atoms with Crippen molar-refractivity contribution in [1.82, 2.24) is 4.90 Å². The average Bonchev–Trinajstić information content (AvgIpc) is 2.42. The van der Waals surface area contributed by atoms with Crippen molar-refractivity contribution in [3.8, 4) is 0 Å². The van der Waals surface area contributed by atoms with E-state index in [0.29, 0.717) is 5.92 Å². The summed E-state index contributed by atoms with van der Waals surface area (Å²) in [6, 6.07) is 8.55. The maximum Gasteiger partial charge on any atom is 0.0948 e. The van der Waals surface area contributed by atoms with Crippen molar-refractivity contribution in [1.29, 1.82) is 0 Å². The van der Waals surface area contributed by atoms with Crippen molar-refractivity contribution in [2.75, 3.05) is 13.1 Å². The number of ether oxygens (including phenoxy) is 1. The molecular formula is C17H25NO2. The molecule has 1 heterocycles. The third kappa shape index (κ3) is 2.50. The topological polar surface area (TPSA) is 32.7 Å². The van der Waals surface area contributed by atoms with Gasteiger partial charge in [-0.05, 0) is 37.3 Å². The molecule has 1 saturated heterocycles. The largest absolute Gasteiger partial charge is 0.387 e. The number of rotatable bonds is 1. The minimum Gasteiger partial charge on any atom is -0.387 e. The van der Waals surface area contributed by atoms with E-state index in [1.807, 2.05) is 6.07 Å². The summed E-state index contributed by atoms with van der Waals surface area (Å²) in [5.41, 5.74) is 2.42. The Hall–Kier alpha value is -0.900. The first-order valence-corrected chi connectivity index (χ1v) is 7.72. The summed E-state index contributed by atoms with van der Waals surface area (Å²) in [7, 11) is 0. The van der Waals surface area contributed by atoms with E-state index in [1.54, 1.807) is 0 Å². The van der Waals surface area contributed by atoms with Gasteiger partial charge in [0.15, 0.2) is 0 Å². The van der Waals surface area contributed by atoms with Gasteiger partial charge in [0, 0.05) is 19.1 Å². The number of fused-ring (bicyclic) bond motifs is 1. The molecule has 1 fully saturated rings. The molecule has 0 amide bonds. The van der Waals surface area contributed by atoms with Gasteiger partial charge < -0.3 is 9.84 Å². The summed E-state index contributed by atoms with van der Waals surface area (Å²) in [6.45, 7) is 8.34. The van der Waals surface area contributed by atoms with Gasteiger partial charge in [0.05, 0.1) is 18.3 Å². The lowest BCUT2D eigenvalue weighted by Gasteiger charge is -2.45. The van der Waals surface area contributed by atoms with Gasteiger partial charge in [-0.15, -0.1) is 0 Å². The molecule has 3 unspecified atom stereocenters. The molecule has 3 rings (SSSR count). The highest BCUT2D eigenvalue weighted by molar-refractivity contribution is 5.35. The van der Waals surface area contributed by atoms with Crippen molar-refractivity contribution >= 4 is 0 Å². The molecule has 0 radical (unpaired) electrons. The SMILES string of the molecule is CC1CC(N2C[C@@H](C)O[C@@H](C)C2)C(O)c2ccccc21. The fourth-order valence-electron chi connectivity index (χ4n) is 3.89. The van der Waals surface area contributed by atoms with Crippen LogP contribution < -0.4 is 0 Å². The molecule has 2 aliphatic rings. The van der Waals surface area contributed by atoms with Crippen molar-refractivity contribution in [2.45, 2.75) is 57.5 Å². The van der Waals surface area contributed by atoms with Crippen LogP contribution in [0.25, 0.3) is 0 Å². The van der Waals surface area contributed by atoms with E-state index >= 15 is 0 Å². The quantitative estimate of drug-likeness (QED) is 0.855. The van der Waals surface area contributed by atoms with Crippen molar-refractivity contribution in [3.05, 3.63) is 35.4 Å². The average molecular weight is 275 g/mol. The Bertz CT molecular complexity index is 466. The molecule has 3 nitrogen and oxygen atoms in total. The second-order valence-corrected chi connectivity index (χ2v) is 6.49. The molecule has 0 aromatic heterocycles. The van der Waals surface area contributed by atoms with Gasteiger partial charge in [0.1, 0.15) is 0 Å². The molecule has 5 atom stereocenters. The summed E-state index contributed by atoms with van der Waals surface area (Å²) >= 11 is 0. The number of nitrogens with zero attached hydrogens (tertiary/aromatic N) is 1. The molecule has 1 aliphatic carbocycles. The summed E-state index contributed by atoms with van der Waals surface area (Å²) in [5.74, 6) is 0.507. The lowest BCUT2D eigenvalue weighted by atomic mass is 9.78. The molecular weight excluding hydrogens is 250 g/mol. The molecule has 1 N–H and O–H groups in total. The molecule has 110 valence electrons. The van der Waals surface area contributed by atoms with E-state index in [9.17, 15) is 5.11 Å². The first-order chi connectivity index (χ1) is 9.56. The lowest BCUT2D eigenvalue weighted by molar-refractivity contribution is -0.100. The Morgan fingerprint density at radius 3 is 2.30 bits per heavy atom. The smallest absolute Gasteiger partial charge is 0.0948 e. The highest BCUT2D eigenvalue weighted by atomic mass is 16.5. The summed E-state index contributed by atoms with van der Waals surface area (Å²) in [5, 5.41) is 10.8. The predicted octanol–water partition coefficient (Wildman–Crippen LogP) is 2.71. The van der Waals surface area contributed by atoms with Crippen LogP contribution in [0.3, 0.4) is 0 Å². The molecule has 1 aromatic carbocycles. The zero-order chi connectivity index (χ0) is 14.3. The van der Waals surface area contributed by atoms with Crippen molar-refractivity contribution < 1.29 is 9.84 Å². The minimum absolute atomic E-state index is 0.216. The van der Waals surface area contributed by atoms with Crippen LogP contribution >= 0.6 is 0 Å². The third-order valence-electron chi connectivity index (χ3n) is 4.72. The normalized spacial score (nSPS) is 38.5. The van der Waals surface area contributed by atoms with Crippen LogP contribution in [0.1, 0.15) is 50.3 Å². The Morgan fingerprint density at radius 1 is 1.05 bits per heavy atom. The van der Waals surface area contributed by atoms with E-state index in [0.717, 1.165) is 25.1 Å². The number of aliphatic hydroxyl groups is 1. The zero-order valence-electron chi connectivity index (χ0n) is 12.6. The predicted molar refractivity (Wildman–Crippen MR) is 79.8 cm³/mol. The Balaban J connectivity index is 1.85. The second kappa shape index (κ2) is 5.47. The van der Waals surface area contributed by atoms with Crippen molar-refractivity contribution in [3.63, 3.8) is 0 Å². The minimum atomic E-state index is -0.375. The van der Waals surface area contributed by atoms with Gasteiger partial charge in [0.2, 0.25) is 0 Å². The lowest BCUT2D eigenvalue weighted by Crippen LogP contribution is -2.53. The maximum atomic E-state index is 10.8. The highest BCUT2D eigenvalue weighted by Gasteiger charge is 2.37. The molecule has 20 heavy (non-hydrogen) atoms. The Morgan fingerprint density at radius 2 is 1.65 bits per heavy atom. The van der Waals surface area contributed by atoms with Crippen LogP contribution in [0.5, 0.6) is 0 Å². The van der Waals surface area contributed by atoms with Crippen LogP contribution in [-0.4, -0.2) is 41.3 Å². The molecule has 0 bridgehead atoms. The molecule has 0 saturated carbocycles. The molecule has 3 heteroatoms. The third-order valence-corrected chi connectivity index (χ3v) is 4.72. The fraction of sp³-hybridized carbons (Fsp3) is 0.647. The zero-order valence-corrected chi connectivity index (χ0v) is 12.6. The maximum absolute atomic E-state index is 10.8. The van der Waals surface area contributed by atoms with Crippen LogP contribution in [0.2, 0.25) is 0 Å². The number of morpholine rings is 1. The van der Waals surface area contributed by atoms with Crippen LogP contribution in [-0.2, 0) is 4.74 Å². The molecule has 1 aromatic rings. The second-order valence-electron chi connectivity index (χ2n) is 6.49.